The zero-order chi connectivity index (χ0) is 20.9. The molecule has 0 aliphatic carbocycles. The molecule has 7 heteroatoms. The number of quaternary nitrogens is 1. The molecular formula is C23H28N3O4+. The molecule has 2 aliphatic rings. The number of ether oxygens (including phenoxy) is 2. The van der Waals surface area contributed by atoms with Crippen LogP contribution in [0.4, 0.5) is 5.69 Å². The number of rotatable bonds is 6. The van der Waals surface area contributed by atoms with Crippen LogP contribution < -0.4 is 19.9 Å². The predicted octanol–water partition coefficient (Wildman–Crippen LogP) is 0.566. The van der Waals surface area contributed by atoms with Gasteiger partial charge in [-0.15, -0.1) is 0 Å². The average Bonchev–Trinajstić information content (AvgIpc) is 2.77. The van der Waals surface area contributed by atoms with Gasteiger partial charge in [-0.25, -0.2) is 0 Å². The number of anilines is 1. The van der Waals surface area contributed by atoms with Crippen LogP contribution in [0.15, 0.2) is 42.5 Å². The molecule has 2 aromatic carbocycles. The normalized spacial score (nSPS) is 16.7. The summed E-state index contributed by atoms with van der Waals surface area (Å²) in [7, 11) is 0. The van der Waals surface area contributed by atoms with E-state index in [0.717, 1.165) is 55.4 Å². The molecule has 0 unspecified atom stereocenters. The second-order valence-electron chi connectivity index (χ2n) is 7.80. The van der Waals surface area contributed by atoms with Crippen molar-refractivity contribution in [1.82, 2.24) is 5.32 Å². The van der Waals surface area contributed by atoms with Crippen LogP contribution >= 0.6 is 0 Å². The molecule has 0 aromatic heterocycles. The number of nitrogens with one attached hydrogen (secondary N) is 2. The molecule has 1 saturated heterocycles. The number of aryl methyl sites for hydroxylation is 1. The molecule has 0 atom stereocenters. The first-order chi connectivity index (χ1) is 14.6. The maximum atomic E-state index is 12.4. The minimum atomic E-state index is -0.0718. The topological polar surface area (TPSA) is 72.3 Å². The SMILES string of the molecule is Cc1ccc2c(c1)OCC(=O)N2Cc1ccc(C(=O)NCC[NH+]2CCOCC2)cc1. The van der Waals surface area contributed by atoms with Crippen molar-refractivity contribution in [2.45, 2.75) is 13.5 Å². The lowest BCUT2D eigenvalue weighted by molar-refractivity contribution is -0.906. The first-order valence-corrected chi connectivity index (χ1v) is 10.4. The number of benzene rings is 2. The van der Waals surface area contributed by atoms with E-state index in [4.69, 9.17) is 9.47 Å². The van der Waals surface area contributed by atoms with Crippen molar-refractivity contribution in [1.29, 1.82) is 0 Å². The van der Waals surface area contributed by atoms with Crippen LogP contribution in [0.5, 0.6) is 5.75 Å². The van der Waals surface area contributed by atoms with E-state index in [9.17, 15) is 9.59 Å². The Morgan fingerprint density at radius 1 is 1.13 bits per heavy atom. The van der Waals surface area contributed by atoms with Gasteiger partial charge in [-0.1, -0.05) is 18.2 Å². The van der Waals surface area contributed by atoms with Crippen molar-refractivity contribution in [2.24, 2.45) is 0 Å². The molecule has 2 N–H and O–H groups in total. The Morgan fingerprint density at radius 2 is 1.90 bits per heavy atom. The lowest BCUT2D eigenvalue weighted by atomic mass is 10.1. The zero-order valence-corrected chi connectivity index (χ0v) is 17.3. The molecule has 30 heavy (non-hydrogen) atoms. The molecule has 0 saturated carbocycles. The highest BCUT2D eigenvalue weighted by molar-refractivity contribution is 5.98. The van der Waals surface area contributed by atoms with E-state index >= 15 is 0 Å². The van der Waals surface area contributed by atoms with Gasteiger partial charge < -0.3 is 24.6 Å². The summed E-state index contributed by atoms with van der Waals surface area (Å²) in [5, 5.41) is 2.99. The molecule has 2 aliphatic heterocycles. The standard InChI is InChI=1S/C23H27N3O4/c1-17-2-7-20-21(14-17)30-16-22(27)26(20)15-18-3-5-19(6-4-18)23(28)24-8-9-25-10-12-29-13-11-25/h2-7,14H,8-13,15-16H2,1H3,(H,24,28)/p+1. The number of fused-ring (bicyclic) bond motifs is 1. The van der Waals surface area contributed by atoms with Gasteiger partial charge in [0.15, 0.2) is 6.61 Å². The van der Waals surface area contributed by atoms with Crippen LogP contribution in [0.1, 0.15) is 21.5 Å². The Morgan fingerprint density at radius 3 is 2.67 bits per heavy atom. The van der Waals surface area contributed by atoms with Crippen LogP contribution in [0.25, 0.3) is 0 Å². The molecule has 2 aromatic rings. The molecule has 0 spiro atoms. The summed E-state index contributed by atoms with van der Waals surface area (Å²) in [6.07, 6.45) is 0. The fraction of sp³-hybridized carbons (Fsp3) is 0.391. The predicted molar refractivity (Wildman–Crippen MR) is 113 cm³/mol. The van der Waals surface area contributed by atoms with Crippen molar-refractivity contribution in [3.63, 3.8) is 0 Å². The molecule has 158 valence electrons. The monoisotopic (exact) mass is 410 g/mol. The van der Waals surface area contributed by atoms with Crippen LogP contribution in [-0.2, 0) is 16.1 Å². The van der Waals surface area contributed by atoms with Gasteiger partial charge in [0, 0.05) is 5.56 Å². The highest BCUT2D eigenvalue weighted by Crippen LogP contribution is 2.33. The first-order valence-electron chi connectivity index (χ1n) is 10.4. The van der Waals surface area contributed by atoms with Crippen LogP contribution in [-0.4, -0.2) is 57.8 Å². The molecule has 4 rings (SSSR count). The third kappa shape index (κ3) is 4.80. The summed E-state index contributed by atoms with van der Waals surface area (Å²) in [6, 6.07) is 13.3. The smallest absolute Gasteiger partial charge is 0.265 e. The van der Waals surface area contributed by atoms with Crippen LogP contribution in [0.3, 0.4) is 0 Å². The Labute approximate surface area is 176 Å². The lowest BCUT2D eigenvalue weighted by Crippen LogP contribution is -3.14. The van der Waals surface area contributed by atoms with E-state index in [1.807, 2.05) is 49.4 Å². The molecule has 0 bridgehead atoms. The second-order valence-corrected chi connectivity index (χ2v) is 7.80. The molecule has 2 amide bonds. The fourth-order valence-electron chi connectivity index (χ4n) is 3.79. The lowest BCUT2D eigenvalue weighted by Gasteiger charge is -2.29. The van der Waals surface area contributed by atoms with Gasteiger partial charge in [-0.05, 0) is 42.3 Å². The van der Waals surface area contributed by atoms with E-state index < -0.39 is 0 Å². The number of nitrogens with zero attached hydrogens (tertiary/aromatic N) is 1. The van der Waals surface area contributed by atoms with Crippen LogP contribution in [0.2, 0.25) is 0 Å². The van der Waals surface area contributed by atoms with Gasteiger partial charge in [0.25, 0.3) is 11.8 Å². The largest absolute Gasteiger partial charge is 0.482 e. The molecular weight excluding hydrogens is 382 g/mol. The van der Waals surface area contributed by atoms with E-state index in [0.29, 0.717) is 18.7 Å². The average molecular weight is 410 g/mol. The highest BCUT2D eigenvalue weighted by Gasteiger charge is 2.25. The van der Waals surface area contributed by atoms with Crippen molar-refractivity contribution >= 4 is 17.5 Å². The molecule has 0 radical (unpaired) electrons. The van der Waals surface area contributed by atoms with E-state index in [1.165, 1.54) is 4.90 Å². The van der Waals surface area contributed by atoms with Gasteiger partial charge in [0.05, 0.1) is 38.5 Å². The van der Waals surface area contributed by atoms with E-state index in [1.54, 1.807) is 4.90 Å². The number of morpholine rings is 1. The van der Waals surface area contributed by atoms with Gasteiger partial charge >= 0.3 is 0 Å². The Balaban J connectivity index is 1.34. The van der Waals surface area contributed by atoms with Crippen LogP contribution in [0, 0.1) is 6.92 Å². The second kappa shape index (κ2) is 9.28. The van der Waals surface area contributed by atoms with Crippen molar-refractivity contribution in [3.8, 4) is 5.75 Å². The highest BCUT2D eigenvalue weighted by atomic mass is 16.5. The summed E-state index contributed by atoms with van der Waals surface area (Å²) in [4.78, 5) is 28.0. The number of carbonyl (C=O) groups is 2. The Bertz CT molecular complexity index is 907. The minimum Gasteiger partial charge on any atom is -0.482 e. The summed E-state index contributed by atoms with van der Waals surface area (Å²) in [6.45, 7) is 7.61. The number of hydrogen-bond donors (Lipinski definition) is 2. The maximum Gasteiger partial charge on any atom is 0.265 e. The van der Waals surface area contributed by atoms with E-state index in [-0.39, 0.29) is 18.4 Å². The van der Waals surface area contributed by atoms with Crippen molar-refractivity contribution in [3.05, 3.63) is 59.2 Å². The summed E-state index contributed by atoms with van der Waals surface area (Å²) < 4.78 is 10.9. The molecule has 1 fully saturated rings. The number of carbonyl (C=O) groups excluding carboxylic acids is 2. The summed E-state index contributed by atoms with van der Waals surface area (Å²) in [5.74, 6) is 0.587. The molecule has 2 heterocycles. The summed E-state index contributed by atoms with van der Waals surface area (Å²) >= 11 is 0. The minimum absolute atomic E-state index is 0.0437. The summed E-state index contributed by atoms with van der Waals surface area (Å²) in [5.41, 5.74) is 3.46. The quantitative estimate of drug-likeness (QED) is 0.730. The maximum absolute atomic E-state index is 12.4. The number of amides is 2. The first kappa shape index (κ1) is 20.4. The van der Waals surface area contributed by atoms with Crippen molar-refractivity contribution in [2.75, 3.05) is 50.9 Å². The Hall–Kier alpha value is -2.90. The molecule has 7 nitrogen and oxygen atoms in total. The van der Waals surface area contributed by atoms with Gasteiger partial charge in [-0.2, -0.15) is 0 Å². The third-order valence-corrected chi connectivity index (χ3v) is 5.58. The van der Waals surface area contributed by atoms with Gasteiger partial charge in [-0.3, -0.25) is 9.59 Å². The zero-order valence-electron chi connectivity index (χ0n) is 17.3. The third-order valence-electron chi connectivity index (χ3n) is 5.58. The number of hydrogen-bond acceptors (Lipinski definition) is 4. The fourth-order valence-corrected chi connectivity index (χ4v) is 3.79. The van der Waals surface area contributed by atoms with Gasteiger partial charge in [0.1, 0.15) is 18.8 Å². The van der Waals surface area contributed by atoms with Gasteiger partial charge in [0.2, 0.25) is 0 Å². The van der Waals surface area contributed by atoms with Crippen molar-refractivity contribution < 1.29 is 24.0 Å². The van der Waals surface area contributed by atoms with E-state index in [2.05, 4.69) is 5.32 Å². The Kier molecular flexibility index (Phi) is 6.30.